The average Bonchev–Trinajstić information content (AvgIpc) is 3.08. The molecule has 5 rings (SSSR count). The largest absolute Gasteiger partial charge is 0.454 e. The van der Waals surface area contributed by atoms with Crippen LogP contribution >= 0.6 is 0 Å². The molecule has 1 aromatic rings. The van der Waals surface area contributed by atoms with E-state index in [1.165, 1.54) is 5.56 Å². The van der Waals surface area contributed by atoms with Crippen LogP contribution in [0.5, 0.6) is 11.5 Å². The van der Waals surface area contributed by atoms with Crippen LogP contribution in [-0.4, -0.2) is 42.2 Å². The summed E-state index contributed by atoms with van der Waals surface area (Å²) < 4.78 is 17.5. The van der Waals surface area contributed by atoms with Crippen molar-refractivity contribution < 1.29 is 19.3 Å². The van der Waals surface area contributed by atoms with Crippen LogP contribution in [0.4, 0.5) is 0 Å². The normalized spacial score (nSPS) is 38.5. The van der Waals surface area contributed by atoms with Crippen molar-refractivity contribution in [2.24, 2.45) is 0 Å². The van der Waals surface area contributed by atoms with Gasteiger partial charge in [-0.2, -0.15) is 0 Å². The molecule has 0 radical (unpaired) electrons. The molecule has 4 aliphatic rings. The van der Waals surface area contributed by atoms with E-state index in [0.717, 1.165) is 30.0 Å². The molecule has 1 N–H and O–H groups in total. The minimum absolute atomic E-state index is 0.213. The Morgan fingerprint density at radius 2 is 2.09 bits per heavy atom. The maximum atomic E-state index is 10.2. The van der Waals surface area contributed by atoms with E-state index in [-0.39, 0.29) is 12.2 Å². The van der Waals surface area contributed by atoms with Crippen LogP contribution in [0.15, 0.2) is 24.3 Å². The number of rotatable bonds is 0. The molecule has 3 atom stereocenters. The smallest absolute Gasteiger partial charge is 0.231 e. The molecule has 0 amide bonds. The molecule has 1 aromatic carbocycles. The van der Waals surface area contributed by atoms with Crippen molar-refractivity contribution in [2.75, 3.05) is 20.4 Å². The van der Waals surface area contributed by atoms with Crippen LogP contribution < -0.4 is 9.47 Å². The van der Waals surface area contributed by atoms with Crippen LogP contribution in [0, 0.1) is 0 Å². The predicted octanol–water partition coefficient (Wildman–Crippen LogP) is 1.54. The number of hydrogen-bond donors (Lipinski definition) is 1. The molecule has 0 bridgehead atoms. The summed E-state index contributed by atoms with van der Waals surface area (Å²) in [5.74, 6) is 1.62. The van der Waals surface area contributed by atoms with E-state index in [2.05, 4.69) is 24.1 Å². The summed E-state index contributed by atoms with van der Waals surface area (Å²) in [6.07, 6.45) is 5.21. The highest BCUT2D eigenvalue weighted by atomic mass is 16.7. The fraction of sp³-hybridized carbons (Fsp3) is 0.529. The number of benzene rings is 1. The molecule has 0 saturated carbocycles. The van der Waals surface area contributed by atoms with E-state index in [4.69, 9.17) is 14.2 Å². The molecule has 116 valence electrons. The van der Waals surface area contributed by atoms with Gasteiger partial charge < -0.3 is 19.3 Å². The molecular weight excluding hydrogens is 282 g/mol. The molecule has 5 heteroatoms. The molecular formula is C17H19NO4. The van der Waals surface area contributed by atoms with Crippen LogP contribution in [0.3, 0.4) is 0 Å². The Balaban J connectivity index is 1.76. The molecule has 0 unspecified atom stereocenters. The average molecular weight is 301 g/mol. The second kappa shape index (κ2) is 4.04. The number of ether oxygens (including phenoxy) is 3. The third-order valence-corrected chi connectivity index (χ3v) is 5.79. The van der Waals surface area contributed by atoms with Gasteiger partial charge in [0, 0.05) is 13.0 Å². The van der Waals surface area contributed by atoms with Crippen molar-refractivity contribution in [3.63, 3.8) is 0 Å². The fourth-order valence-corrected chi connectivity index (χ4v) is 4.69. The lowest BCUT2D eigenvalue weighted by Gasteiger charge is -2.53. The summed E-state index contributed by atoms with van der Waals surface area (Å²) in [5, 5.41) is 10.2. The van der Waals surface area contributed by atoms with E-state index >= 15 is 0 Å². The van der Waals surface area contributed by atoms with Crippen LogP contribution in [0.2, 0.25) is 0 Å². The highest BCUT2D eigenvalue weighted by Gasteiger charge is 2.63. The number of likely N-dealkylation sites (N-methyl/N-ethyl adjacent to an activating group) is 1. The van der Waals surface area contributed by atoms with Crippen molar-refractivity contribution in [3.8, 4) is 11.5 Å². The monoisotopic (exact) mass is 301 g/mol. The first kappa shape index (κ1) is 12.9. The first-order chi connectivity index (χ1) is 10.6. The van der Waals surface area contributed by atoms with Crippen LogP contribution in [0.25, 0.3) is 0 Å². The van der Waals surface area contributed by atoms with Gasteiger partial charge in [0.2, 0.25) is 6.79 Å². The Bertz CT molecular complexity index is 687. The summed E-state index contributed by atoms with van der Waals surface area (Å²) in [7, 11) is 2.09. The summed E-state index contributed by atoms with van der Waals surface area (Å²) in [6.45, 7) is 1.77. The molecule has 1 saturated heterocycles. The molecule has 0 aromatic heterocycles. The van der Waals surface area contributed by atoms with Crippen molar-refractivity contribution in [1.29, 1.82) is 0 Å². The van der Waals surface area contributed by atoms with Gasteiger partial charge in [-0.3, -0.25) is 4.90 Å². The molecule has 5 nitrogen and oxygen atoms in total. The third-order valence-electron chi connectivity index (χ3n) is 5.79. The Kier molecular flexibility index (Phi) is 2.38. The molecule has 1 fully saturated rings. The van der Waals surface area contributed by atoms with Gasteiger partial charge >= 0.3 is 0 Å². The SMILES string of the molecule is CN1CC[C@]23C=C[C@H](O)C[C@]12OCc1cc2c(cc13)OCO2. The third kappa shape index (κ3) is 1.35. The summed E-state index contributed by atoms with van der Waals surface area (Å²) >= 11 is 0. The van der Waals surface area contributed by atoms with E-state index < -0.39 is 11.8 Å². The zero-order valence-electron chi connectivity index (χ0n) is 12.5. The molecule has 3 heterocycles. The van der Waals surface area contributed by atoms with Crippen molar-refractivity contribution >= 4 is 0 Å². The van der Waals surface area contributed by atoms with Gasteiger partial charge in [0.15, 0.2) is 11.5 Å². The maximum absolute atomic E-state index is 10.2. The molecule has 22 heavy (non-hydrogen) atoms. The van der Waals surface area contributed by atoms with Crippen LogP contribution in [-0.2, 0) is 16.8 Å². The van der Waals surface area contributed by atoms with Gasteiger partial charge in [-0.15, -0.1) is 0 Å². The number of aliphatic hydroxyl groups excluding tert-OH is 1. The van der Waals surface area contributed by atoms with E-state index in [9.17, 15) is 5.11 Å². The van der Waals surface area contributed by atoms with Crippen molar-refractivity contribution in [2.45, 2.75) is 36.7 Å². The Hall–Kier alpha value is -1.56. The lowest BCUT2D eigenvalue weighted by atomic mass is 9.64. The van der Waals surface area contributed by atoms with Gasteiger partial charge in [-0.05, 0) is 36.7 Å². The zero-order valence-corrected chi connectivity index (χ0v) is 12.5. The Morgan fingerprint density at radius 1 is 1.27 bits per heavy atom. The highest BCUT2D eigenvalue weighted by Crippen LogP contribution is 2.58. The first-order valence-electron chi connectivity index (χ1n) is 7.80. The molecule has 3 aliphatic heterocycles. The van der Waals surface area contributed by atoms with E-state index in [1.54, 1.807) is 0 Å². The minimum Gasteiger partial charge on any atom is -0.454 e. The van der Waals surface area contributed by atoms with Gasteiger partial charge in [-0.1, -0.05) is 12.2 Å². The summed E-state index contributed by atoms with van der Waals surface area (Å²) in [5.41, 5.74) is 1.75. The van der Waals surface area contributed by atoms with E-state index in [0.29, 0.717) is 13.0 Å². The topological polar surface area (TPSA) is 51.2 Å². The van der Waals surface area contributed by atoms with Crippen molar-refractivity contribution in [1.82, 2.24) is 4.90 Å². The first-order valence-corrected chi connectivity index (χ1v) is 7.80. The molecule has 1 aliphatic carbocycles. The van der Waals surface area contributed by atoms with Crippen LogP contribution in [0.1, 0.15) is 24.0 Å². The van der Waals surface area contributed by atoms with Gasteiger partial charge in [0.05, 0.1) is 18.1 Å². The van der Waals surface area contributed by atoms with E-state index in [1.807, 2.05) is 12.1 Å². The Labute approximate surface area is 129 Å². The van der Waals surface area contributed by atoms with Gasteiger partial charge in [-0.25, -0.2) is 0 Å². The fourth-order valence-electron chi connectivity index (χ4n) is 4.69. The lowest BCUT2D eigenvalue weighted by molar-refractivity contribution is -0.190. The number of fused-ring (bicyclic) bond motifs is 2. The summed E-state index contributed by atoms with van der Waals surface area (Å²) in [4.78, 5) is 2.26. The standard InChI is InChI=1S/C17H19NO4/c1-18-5-4-16-3-2-12(19)8-17(16,18)22-9-11-6-14-15(7-13(11)16)21-10-20-14/h2-3,6-7,12,19H,4-5,8-10H2,1H3/t12-,16-,17+/m0/s1. The van der Waals surface area contributed by atoms with Gasteiger partial charge in [0.25, 0.3) is 0 Å². The minimum atomic E-state index is -0.456. The molecule has 0 spiro atoms. The number of hydrogen-bond acceptors (Lipinski definition) is 5. The van der Waals surface area contributed by atoms with Crippen molar-refractivity contribution in [3.05, 3.63) is 35.4 Å². The summed E-state index contributed by atoms with van der Waals surface area (Å²) in [6, 6.07) is 4.17. The van der Waals surface area contributed by atoms with Gasteiger partial charge in [0.1, 0.15) is 5.72 Å². The quantitative estimate of drug-likeness (QED) is 0.737. The lowest BCUT2D eigenvalue weighted by Crippen LogP contribution is -2.61. The predicted molar refractivity (Wildman–Crippen MR) is 78.8 cm³/mol. The second-order valence-corrected chi connectivity index (χ2v) is 6.71. The number of aliphatic hydroxyl groups is 1. The highest BCUT2D eigenvalue weighted by molar-refractivity contribution is 5.55. The zero-order chi connectivity index (χ0) is 14.9. The Morgan fingerprint density at radius 3 is 2.95 bits per heavy atom. The second-order valence-electron chi connectivity index (χ2n) is 6.71. The number of nitrogens with zero attached hydrogens (tertiary/aromatic N) is 1. The maximum Gasteiger partial charge on any atom is 0.231 e. The number of likely N-dealkylation sites (tertiary alicyclic amines) is 1.